The lowest BCUT2D eigenvalue weighted by Crippen LogP contribution is -2.39. The highest BCUT2D eigenvalue weighted by Gasteiger charge is 2.37. The molecule has 0 spiro atoms. The third-order valence-corrected chi connectivity index (χ3v) is 3.06. The summed E-state index contributed by atoms with van der Waals surface area (Å²) in [5.41, 5.74) is 0. The average Bonchev–Trinajstić information content (AvgIpc) is 2.71. The SMILES string of the molecule is COc1cncc(N2CCC(C)C2C(=O)O)n1. The van der Waals surface area contributed by atoms with Crippen LogP contribution in [0.1, 0.15) is 13.3 Å². The number of rotatable bonds is 3. The molecule has 1 aliphatic heterocycles. The first-order chi connectivity index (χ1) is 8.13. The van der Waals surface area contributed by atoms with Gasteiger partial charge in [-0.1, -0.05) is 6.92 Å². The number of ether oxygens (including phenoxy) is 1. The molecule has 0 aromatic carbocycles. The standard InChI is InChI=1S/C11H15N3O3/c1-7-3-4-14(10(7)11(15)16)8-5-12-6-9(13-8)17-2/h5-7,10H,3-4H2,1-2H3,(H,15,16). The summed E-state index contributed by atoms with van der Waals surface area (Å²) in [4.78, 5) is 21.2. The molecule has 6 heteroatoms. The minimum atomic E-state index is -0.820. The largest absolute Gasteiger partial charge is 0.480 e. The van der Waals surface area contributed by atoms with Crippen molar-refractivity contribution in [2.45, 2.75) is 19.4 Å². The zero-order valence-corrected chi connectivity index (χ0v) is 9.83. The molecule has 1 saturated heterocycles. The van der Waals surface area contributed by atoms with Gasteiger partial charge in [0.15, 0.2) is 5.82 Å². The zero-order chi connectivity index (χ0) is 12.4. The van der Waals surface area contributed by atoms with Gasteiger partial charge in [0.1, 0.15) is 6.04 Å². The fourth-order valence-electron chi connectivity index (χ4n) is 2.16. The van der Waals surface area contributed by atoms with E-state index in [1.54, 1.807) is 11.1 Å². The summed E-state index contributed by atoms with van der Waals surface area (Å²) in [5.74, 6) is 0.243. The minimum absolute atomic E-state index is 0.112. The van der Waals surface area contributed by atoms with Crippen LogP contribution >= 0.6 is 0 Å². The molecule has 17 heavy (non-hydrogen) atoms. The van der Waals surface area contributed by atoms with Crippen LogP contribution in [0.15, 0.2) is 12.4 Å². The van der Waals surface area contributed by atoms with E-state index in [-0.39, 0.29) is 5.92 Å². The number of aliphatic carboxylic acids is 1. The maximum atomic E-state index is 11.2. The van der Waals surface area contributed by atoms with Gasteiger partial charge in [-0.25, -0.2) is 4.79 Å². The Labute approximate surface area is 99.2 Å². The first-order valence-corrected chi connectivity index (χ1v) is 5.49. The molecule has 0 saturated carbocycles. The van der Waals surface area contributed by atoms with Gasteiger partial charge in [-0.2, -0.15) is 4.98 Å². The molecular formula is C11H15N3O3. The summed E-state index contributed by atoms with van der Waals surface area (Å²) < 4.78 is 4.99. The number of hydrogen-bond acceptors (Lipinski definition) is 5. The lowest BCUT2D eigenvalue weighted by molar-refractivity contribution is -0.139. The summed E-state index contributed by atoms with van der Waals surface area (Å²) in [6.45, 7) is 2.62. The minimum Gasteiger partial charge on any atom is -0.480 e. The highest BCUT2D eigenvalue weighted by atomic mass is 16.5. The Morgan fingerprint density at radius 3 is 3.00 bits per heavy atom. The van der Waals surface area contributed by atoms with Crippen LogP contribution in [0, 0.1) is 5.92 Å². The highest BCUT2D eigenvalue weighted by molar-refractivity contribution is 5.78. The second-order valence-corrected chi connectivity index (χ2v) is 4.16. The van der Waals surface area contributed by atoms with E-state index in [2.05, 4.69) is 9.97 Å². The maximum Gasteiger partial charge on any atom is 0.326 e. The van der Waals surface area contributed by atoms with Gasteiger partial charge in [0, 0.05) is 6.54 Å². The molecule has 1 fully saturated rings. The van der Waals surface area contributed by atoms with Crippen molar-refractivity contribution < 1.29 is 14.6 Å². The molecule has 0 bridgehead atoms. The van der Waals surface area contributed by atoms with Crippen molar-refractivity contribution in [3.05, 3.63) is 12.4 Å². The predicted molar refractivity (Wildman–Crippen MR) is 61.1 cm³/mol. The van der Waals surface area contributed by atoms with Crippen LogP contribution in [0.3, 0.4) is 0 Å². The van der Waals surface area contributed by atoms with E-state index in [9.17, 15) is 9.90 Å². The lowest BCUT2D eigenvalue weighted by atomic mass is 10.0. The lowest BCUT2D eigenvalue weighted by Gasteiger charge is -2.24. The van der Waals surface area contributed by atoms with Crippen molar-refractivity contribution in [1.29, 1.82) is 0 Å². The highest BCUT2D eigenvalue weighted by Crippen LogP contribution is 2.28. The van der Waals surface area contributed by atoms with Gasteiger partial charge in [-0.05, 0) is 12.3 Å². The summed E-state index contributed by atoms with van der Waals surface area (Å²) in [5, 5.41) is 9.22. The number of carbonyl (C=O) groups is 1. The average molecular weight is 237 g/mol. The van der Waals surface area contributed by atoms with Crippen LogP contribution in [0.25, 0.3) is 0 Å². The first-order valence-electron chi connectivity index (χ1n) is 5.49. The third-order valence-electron chi connectivity index (χ3n) is 3.06. The molecule has 0 amide bonds. The van der Waals surface area contributed by atoms with Gasteiger partial charge in [-0.15, -0.1) is 0 Å². The summed E-state index contributed by atoms with van der Waals surface area (Å²) in [6.07, 6.45) is 3.91. The van der Waals surface area contributed by atoms with E-state index in [1.807, 2.05) is 6.92 Å². The van der Waals surface area contributed by atoms with Crippen molar-refractivity contribution in [2.24, 2.45) is 5.92 Å². The molecule has 1 aromatic heterocycles. The summed E-state index contributed by atoms with van der Waals surface area (Å²) >= 11 is 0. The fraction of sp³-hybridized carbons (Fsp3) is 0.545. The van der Waals surface area contributed by atoms with E-state index >= 15 is 0 Å². The van der Waals surface area contributed by atoms with Gasteiger partial charge >= 0.3 is 5.97 Å². The van der Waals surface area contributed by atoms with Crippen molar-refractivity contribution in [3.63, 3.8) is 0 Å². The molecular weight excluding hydrogens is 222 g/mol. The van der Waals surface area contributed by atoms with E-state index in [0.717, 1.165) is 6.42 Å². The number of methoxy groups -OCH3 is 1. The summed E-state index contributed by atoms with van der Waals surface area (Å²) in [7, 11) is 1.51. The van der Waals surface area contributed by atoms with Gasteiger partial charge in [0.2, 0.25) is 5.88 Å². The Bertz CT molecular complexity index is 424. The number of carboxylic acids is 1. The van der Waals surface area contributed by atoms with Crippen LogP contribution in [0.5, 0.6) is 5.88 Å². The molecule has 0 radical (unpaired) electrons. The molecule has 1 aliphatic rings. The second-order valence-electron chi connectivity index (χ2n) is 4.16. The molecule has 2 rings (SSSR count). The number of aromatic nitrogens is 2. The Hall–Kier alpha value is -1.85. The van der Waals surface area contributed by atoms with Crippen LogP contribution in [-0.4, -0.2) is 40.7 Å². The van der Waals surface area contributed by atoms with Crippen molar-refractivity contribution >= 4 is 11.8 Å². The number of carboxylic acid groups (broad SMARTS) is 1. The van der Waals surface area contributed by atoms with E-state index < -0.39 is 12.0 Å². The number of nitrogens with zero attached hydrogens (tertiary/aromatic N) is 3. The number of anilines is 1. The van der Waals surface area contributed by atoms with Gasteiger partial charge in [-0.3, -0.25) is 4.98 Å². The normalized spacial score (nSPS) is 23.8. The Morgan fingerprint density at radius 1 is 1.59 bits per heavy atom. The van der Waals surface area contributed by atoms with Gasteiger partial charge < -0.3 is 14.7 Å². The van der Waals surface area contributed by atoms with E-state index in [4.69, 9.17) is 4.74 Å². The Kier molecular flexibility index (Phi) is 3.12. The molecule has 2 heterocycles. The quantitative estimate of drug-likeness (QED) is 0.837. The topological polar surface area (TPSA) is 75.5 Å². The zero-order valence-electron chi connectivity index (χ0n) is 9.83. The van der Waals surface area contributed by atoms with E-state index in [0.29, 0.717) is 18.2 Å². The molecule has 1 N–H and O–H groups in total. The molecule has 1 aromatic rings. The first kappa shape index (κ1) is 11.6. The smallest absolute Gasteiger partial charge is 0.326 e. The molecule has 6 nitrogen and oxygen atoms in total. The Balaban J connectivity index is 2.29. The van der Waals surface area contributed by atoms with Crippen LogP contribution in [0.4, 0.5) is 5.82 Å². The van der Waals surface area contributed by atoms with Gasteiger partial charge in [0.25, 0.3) is 0 Å². The molecule has 92 valence electrons. The maximum absolute atomic E-state index is 11.2. The Morgan fingerprint density at radius 2 is 2.35 bits per heavy atom. The van der Waals surface area contributed by atoms with Crippen LogP contribution < -0.4 is 9.64 Å². The van der Waals surface area contributed by atoms with Crippen LogP contribution in [0.2, 0.25) is 0 Å². The van der Waals surface area contributed by atoms with Crippen molar-refractivity contribution in [1.82, 2.24) is 9.97 Å². The van der Waals surface area contributed by atoms with Gasteiger partial charge in [0.05, 0.1) is 19.5 Å². The summed E-state index contributed by atoms with van der Waals surface area (Å²) in [6, 6.07) is -0.531. The molecule has 2 atom stereocenters. The van der Waals surface area contributed by atoms with E-state index in [1.165, 1.54) is 13.3 Å². The molecule has 2 unspecified atom stereocenters. The van der Waals surface area contributed by atoms with Crippen molar-refractivity contribution in [3.8, 4) is 5.88 Å². The third kappa shape index (κ3) is 2.15. The van der Waals surface area contributed by atoms with Crippen molar-refractivity contribution in [2.75, 3.05) is 18.6 Å². The van der Waals surface area contributed by atoms with Crippen LogP contribution in [-0.2, 0) is 4.79 Å². The monoisotopic (exact) mass is 237 g/mol. The molecule has 0 aliphatic carbocycles. The second kappa shape index (κ2) is 4.57. The fourth-order valence-corrected chi connectivity index (χ4v) is 2.16. The predicted octanol–water partition coefficient (Wildman–Crippen LogP) is 0.785. The number of hydrogen-bond donors (Lipinski definition) is 1.